The van der Waals surface area contributed by atoms with Crippen LogP contribution in [-0.2, 0) is 0 Å². The molecule has 1 heteroatoms. The lowest BCUT2D eigenvalue weighted by molar-refractivity contribution is 0.143. The monoisotopic (exact) mass is 238 g/mol. The lowest BCUT2D eigenvalue weighted by atomic mass is 9.77. The third kappa shape index (κ3) is 4.99. The van der Waals surface area contributed by atoms with Crippen molar-refractivity contribution in [3.8, 4) is 0 Å². The van der Waals surface area contributed by atoms with Gasteiger partial charge in [0.1, 0.15) is 0 Å². The number of hydrogen-bond donors (Lipinski definition) is 1. The molecule has 0 heterocycles. The van der Waals surface area contributed by atoms with E-state index in [1.165, 1.54) is 70.6 Å². The molecule has 3 fully saturated rings. The Labute approximate surface area is 107 Å². The maximum atomic E-state index is 9.85. The highest BCUT2D eigenvalue weighted by Gasteiger charge is 2.20. The van der Waals surface area contributed by atoms with E-state index in [9.17, 15) is 5.11 Å². The third-order valence-corrected chi connectivity index (χ3v) is 5.02. The lowest BCUT2D eigenvalue weighted by Crippen LogP contribution is -2.15. The Bertz CT molecular complexity index is 194. The van der Waals surface area contributed by atoms with E-state index in [1.807, 2.05) is 0 Å². The summed E-state index contributed by atoms with van der Waals surface area (Å²) < 4.78 is 0. The number of hydrogen-bond acceptors (Lipinski definition) is 1. The van der Waals surface area contributed by atoms with Crippen molar-refractivity contribution in [3.05, 3.63) is 0 Å². The van der Waals surface area contributed by atoms with E-state index in [2.05, 4.69) is 0 Å². The molecule has 0 aliphatic heterocycles. The summed E-state index contributed by atoms with van der Waals surface area (Å²) in [5, 5.41) is 9.85. The summed E-state index contributed by atoms with van der Waals surface area (Å²) in [5.74, 6) is 2.06. The second kappa shape index (κ2) is 7.41. The number of fused-ring (bicyclic) bond motifs is 11. The van der Waals surface area contributed by atoms with Crippen LogP contribution in [0.2, 0.25) is 0 Å². The maximum absolute atomic E-state index is 9.85. The third-order valence-electron chi connectivity index (χ3n) is 5.02. The highest BCUT2D eigenvalue weighted by Crippen LogP contribution is 2.34. The maximum Gasteiger partial charge on any atom is 0.0540 e. The number of rotatable bonds is 0. The first kappa shape index (κ1) is 13.4. The quantitative estimate of drug-likeness (QED) is 0.650. The van der Waals surface area contributed by atoms with Crippen molar-refractivity contribution in [2.45, 2.75) is 89.6 Å². The van der Waals surface area contributed by atoms with Gasteiger partial charge in [0.15, 0.2) is 0 Å². The predicted molar refractivity (Wildman–Crippen MR) is 73.0 cm³/mol. The summed E-state index contributed by atoms with van der Waals surface area (Å²) in [5.41, 5.74) is 0. The van der Waals surface area contributed by atoms with Crippen LogP contribution in [0.3, 0.4) is 0 Å². The Hall–Kier alpha value is -0.0400. The largest absolute Gasteiger partial charge is 0.393 e. The SMILES string of the molecule is OC1CCCCCC2CCC(CCCC1)CC2. The van der Waals surface area contributed by atoms with Gasteiger partial charge in [0.2, 0.25) is 0 Å². The number of aliphatic hydroxyl groups is 1. The van der Waals surface area contributed by atoms with Gasteiger partial charge in [-0.05, 0) is 24.7 Å². The molecule has 1 nitrogen and oxygen atoms in total. The summed E-state index contributed by atoms with van der Waals surface area (Å²) in [6.45, 7) is 0. The standard InChI is InChI=1S/C16H30O/c17-16-8-3-1-2-6-14-10-12-15(13-11-14)7-4-5-9-16/h14-17H,1-13H2. The molecule has 17 heavy (non-hydrogen) atoms. The smallest absolute Gasteiger partial charge is 0.0540 e. The molecule has 0 spiro atoms. The first-order valence-electron chi connectivity index (χ1n) is 8.02. The first-order valence-corrected chi connectivity index (χ1v) is 8.02. The van der Waals surface area contributed by atoms with Crippen molar-refractivity contribution >= 4 is 0 Å². The second-order valence-corrected chi connectivity index (χ2v) is 6.46. The van der Waals surface area contributed by atoms with Crippen molar-refractivity contribution in [1.82, 2.24) is 0 Å². The van der Waals surface area contributed by atoms with Gasteiger partial charge in [0.05, 0.1) is 6.10 Å². The molecule has 1 unspecified atom stereocenters. The van der Waals surface area contributed by atoms with Gasteiger partial charge < -0.3 is 5.11 Å². The van der Waals surface area contributed by atoms with Gasteiger partial charge in [-0.15, -0.1) is 0 Å². The van der Waals surface area contributed by atoms with Gasteiger partial charge in [0, 0.05) is 0 Å². The number of aliphatic hydroxyl groups excluding tert-OH is 1. The van der Waals surface area contributed by atoms with E-state index in [4.69, 9.17) is 0 Å². The normalized spacial score (nSPS) is 37.6. The molecule has 0 aromatic carbocycles. The van der Waals surface area contributed by atoms with E-state index < -0.39 is 0 Å². The Morgan fingerprint density at radius 1 is 0.471 bits per heavy atom. The molecule has 0 saturated heterocycles. The van der Waals surface area contributed by atoms with Crippen LogP contribution < -0.4 is 0 Å². The van der Waals surface area contributed by atoms with Crippen molar-refractivity contribution in [2.24, 2.45) is 11.8 Å². The highest BCUT2D eigenvalue weighted by molar-refractivity contribution is 4.73. The van der Waals surface area contributed by atoms with Gasteiger partial charge >= 0.3 is 0 Å². The molecule has 1 atom stereocenters. The summed E-state index contributed by atoms with van der Waals surface area (Å²) in [6, 6.07) is 0. The minimum Gasteiger partial charge on any atom is -0.393 e. The molecule has 2 bridgehead atoms. The van der Waals surface area contributed by atoms with E-state index in [0.717, 1.165) is 24.7 Å². The minimum atomic E-state index is -0.00451. The van der Waals surface area contributed by atoms with Crippen LogP contribution in [0.15, 0.2) is 0 Å². The van der Waals surface area contributed by atoms with Gasteiger partial charge in [0.25, 0.3) is 0 Å². The van der Waals surface area contributed by atoms with Crippen LogP contribution in [0, 0.1) is 11.8 Å². The van der Waals surface area contributed by atoms with E-state index in [0.29, 0.717) is 0 Å². The van der Waals surface area contributed by atoms with Crippen LogP contribution in [0.25, 0.3) is 0 Å². The van der Waals surface area contributed by atoms with Gasteiger partial charge in [-0.25, -0.2) is 0 Å². The van der Waals surface area contributed by atoms with Gasteiger partial charge in [-0.2, -0.15) is 0 Å². The molecular weight excluding hydrogens is 208 g/mol. The molecule has 0 amide bonds. The van der Waals surface area contributed by atoms with Crippen molar-refractivity contribution in [1.29, 1.82) is 0 Å². The topological polar surface area (TPSA) is 20.2 Å². The van der Waals surface area contributed by atoms with Gasteiger partial charge in [-0.3, -0.25) is 0 Å². The zero-order chi connectivity index (χ0) is 11.9. The zero-order valence-electron chi connectivity index (χ0n) is 11.4. The van der Waals surface area contributed by atoms with Crippen LogP contribution in [0.4, 0.5) is 0 Å². The fourth-order valence-corrected chi connectivity index (χ4v) is 3.76. The summed E-state index contributed by atoms with van der Waals surface area (Å²) >= 11 is 0. The lowest BCUT2D eigenvalue weighted by Gasteiger charge is -2.29. The molecule has 0 aromatic heterocycles. The molecule has 3 aliphatic carbocycles. The predicted octanol–water partition coefficient (Wildman–Crippen LogP) is 4.68. The van der Waals surface area contributed by atoms with Crippen molar-refractivity contribution < 1.29 is 5.11 Å². The molecular formula is C16H30O. The second-order valence-electron chi connectivity index (χ2n) is 6.46. The van der Waals surface area contributed by atoms with Crippen LogP contribution >= 0.6 is 0 Å². The first-order chi connectivity index (χ1) is 8.34. The summed E-state index contributed by atoms with van der Waals surface area (Å²) in [4.78, 5) is 0. The summed E-state index contributed by atoms with van der Waals surface area (Å²) in [6.07, 6.45) is 17.6. The average molecular weight is 238 g/mol. The fourth-order valence-electron chi connectivity index (χ4n) is 3.76. The minimum absolute atomic E-state index is 0.00451. The van der Waals surface area contributed by atoms with E-state index in [1.54, 1.807) is 0 Å². The Morgan fingerprint density at radius 3 is 1.47 bits per heavy atom. The van der Waals surface area contributed by atoms with Crippen LogP contribution in [-0.4, -0.2) is 11.2 Å². The molecule has 1 N–H and O–H groups in total. The Kier molecular flexibility index (Phi) is 5.84. The molecule has 3 rings (SSSR count). The zero-order valence-corrected chi connectivity index (χ0v) is 11.4. The van der Waals surface area contributed by atoms with Crippen molar-refractivity contribution in [3.63, 3.8) is 0 Å². The van der Waals surface area contributed by atoms with Crippen LogP contribution in [0.1, 0.15) is 83.5 Å². The Morgan fingerprint density at radius 2 is 0.882 bits per heavy atom. The van der Waals surface area contributed by atoms with Gasteiger partial charge in [-0.1, -0.05) is 70.6 Å². The molecule has 0 aromatic rings. The van der Waals surface area contributed by atoms with E-state index >= 15 is 0 Å². The summed E-state index contributed by atoms with van der Waals surface area (Å²) in [7, 11) is 0. The van der Waals surface area contributed by atoms with Crippen molar-refractivity contribution in [2.75, 3.05) is 0 Å². The molecule has 0 radical (unpaired) electrons. The molecule has 100 valence electrons. The molecule has 3 aliphatic rings. The van der Waals surface area contributed by atoms with Crippen LogP contribution in [0.5, 0.6) is 0 Å². The molecule has 3 saturated carbocycles. The fraction of sp³-hybridized carbons (Fsp3) is 1.00. The van der Waals surface area contributed by atoms with E-state index in [-0.39, 0.29) is 6.10 Å². The highest BCUT2D eigenvalue weighted by atomic mass is 16.3. The average Bonchev–Trinajstić information content (AvgIpc) is 2.35. The Balaban J connectivity index is 1.76.